The van der Waals surface area contributed by atoms with E-state index >= 15 is 0 Å². The highest BCUT2D eigenvalue weighted by atomic mass is 16.5. The second-order valence-electron chi connectivity index (χ2n) is 9.90. The number of rotatable bonds is 4. The van der Waals surface area contributed by atoms with Crippen LogP contribution in [0.1, 0.15) is 72.8 Å². The molecular weight excluding hydrogens is 338 g/mol. The Bertz CT molecular complexity index is 642. The van der Waals surface area contributed by atoms with Crippen LogP contribution < -0.4 is 5.32 Å². The number of anilines is 1. The maximum atomic E-state index is 12.3. The first-order valence-electron chi connectivity index (χ1n) is 10.0. The summed E-state index contributed by atoms with van der Waals surface area (Å²) in [4.78, 5) is 24.3. The average molecular weight is 374 g/mol. The first-order chi connectivity index (χ1) is 12.5. The van der Waals surface area contributed by atoms with Gasteiger partial charge in [-0.15, -0.1) is 0 Å². The van der Waals surface area contributed by atoms with E-state index in [9.17, 15) is 9.59 Å². The second-order valence-corrected chi connectivity index (χ2v) is 9.90. The van der Waals surface area contributed by atoms with Crippen LogP contribution in [-0.2, 0) is 19.7 Å². The molecule has 27 heavy (non-hydrogen) atoms. The molecule has 1 amide bonds. The van der Waals surface area contributed by atoms with E-state index in [1.165, 1.54) is 5.56 Å². The number of esters is 1. The van der Waals surface area contributed by atoms with Crippen LogP contribution >= 0.6 is 0 Å². The number of carbonyl (C=O) groups excluding carboxylic acids is 2. The summed E-state index contributed by atoms with van der Waals surface area (Å²) in [7, 11) is 0. The third-order valence-electron chi connectivity index (χ3n) is 5.67. The molecule has 0 radical (unpaired) electrons. The Kier molecular flexibility index (Phi) is 6.72. The highest BCUT2D eigenvalue weighted by molar-refractivity contribution is 5.92. The maximum absolute atomic E-state index is 12.3. The van der Waals surface area contributed by atoms with Crippen molar-refractivity contribution in [2.45, 2.75) is 72.6 Å². The summed E-state index contributed by atoms with van der Waals surface area (Å²) < 4.78 is 5.26. The lowest BCUT2D eigenvalue weighted by atomic mass is 9.70. The van der Waals surface area contributed by atoms with Gasteiger partial charge in [0.2, 0.25) is 0 Å². The van der Waals surface area contributed by atoms with E-state index in [1.807, 2.05) is 24.3 Å². The predicted molar refractivity (Wildman–Crippen MR) is 110 cm³/mol. The van der Waals surface area contributed by atoms with Crippen molar-refractivity contribution in [2.75, 3.05) is 11.9 Å². The molecule has 4 heteroatoms. The molecule has 1 N–H and O–H groups in total. The lowest BCUT2D eigenvalue weighted by Crippen LogP contribution is -2.31. The standard InChI is InChI=1S/C23H35NO3/c1-22(2,3)17-9-7-16(8-10-17)21(26)27-15-20(25)24-19-13-11-18(12-14-19)23(4,5)6/h11-14,16-17H,7-10,15H2,1-6H3,(H,24,25). The van der Waals surface area contributed by atoms with Crippen molar-refractivity contribution < 1.29 is 14.3 Å². The number of benzene rings is 1. The first-order valence-corrected chi connectivity index (χ1v) is 10.0. The number of hydrogen-bond acceptors (Lipinski definition) is 3. The number of ether oxygens (including phenoxy) is 1. The highest BCUT2D eigenvalue weighted by Gasteiger charge is 2.33. The number of amides is 1. The molecule has 0 unspecified atom stereocenters. The molecule has 1 aromatic rings. The average Bonchev–Trinajstić information content (AvgIpc) is 2.58. The van der Waals surface area contributed by atoms with Crippen molar-refractivity contribution in [1.29, 1.82) is 0 Å². The Morgan fingerprint density at radius 2 is 1.52 bits per heavy atom. The molecule has 1 fully saturated rings. The van der Waals surface area contributed by atoms with Crippen LogP contribution in [0.15, 0.2) is 24.3 Å². The van der Waals surface area contributed by atoms with Gasteiger partial charge in [-0.1, -0.05) is 53.7 Å². The molecule has 4 nitrogen and oxygen atoms in total. The maximum Gasteiger partial charge on any atom is 0.309 e. The van der Waals surface area contributed by atoms with Crippen molar-refractivity contribution in [3.8, 4) is 0 Å². The Morgan fingerprint density at radius 3 is 2.00 bits per heavy atom. The fraction of sp³-hybridized carbons (Fsp3) is 0.652. The normalized spacial score (nSPS) is 20.8. The molecule has 0 bridgehead atoms. The van der Waals surface area contributed by atoms with Crippen LogP contribution in [-0.4, -0.2) is 18.5 Å². The molecule has 1 aliphatic carbocycles. The Balaban J connectivity index is 1.76. The molecule has 0 spiro atoms. The minimum Gasteiger partial charge on any atom is -0.455 e. The number of nitrogens with one attached hydrogen (secondary N) is 1. The fourth-order valence-corrected chi connectivity index (χ4v) is 3.70. The van der Waals surface area contributed by atoms with Crippen LogP contribution in [0.25, 0.3) is 0 Å². The van der Waals surface area contributed by atoms with Gasteiger partial charge < -0.3 is 10.1 Å². The Morgan fingerprint density at radius 1 is 0.963 bits per heavy atom. The van der Waals surface area contributed by atoms with E-state index in [4.69, 9.17) is 4.74 Å². The fourth-order valence-electron chi connectivity index (χ4n) is 3.70. The molecule has 1 saturated carbocycles. The summed E-state index contributed by atoms with van der Waals surface area (Å²) in [6.07, 6.45) is 3.82. The van der Waals surface area contributed by atoms with Gasteiger partial charge in [0.05, 0.1) is 5.92 Å². The molecule has 0 atom stereocenters. The largest absolute Gasteiger partial charge is 0.455 e. The van der Waals surface area contributed by atoms with Crippen LogP contribution in [0.3, 0.4) is 0 Å². The number of carbonyl (C=O) groups is 2. The van der Waals surface area contributed by atoms with Gasteiger partial charge in [-0.2, -0.15) is 0 Å². The van der Waals surface area contributed by atoms with E-state index < -0.39 is 0 Å². The zero-order valence-corrected chi connectivity index (χ0v) is 17.7. The summed E-state index contributed by atoms with van der Waals surface area (Å²) in [6, 6.07) is 7.78. The second kappa shape index (κ2) is 8.45. The first kappa shape index (κ1) is 21.5. The van der Waals surface area contributed by atoms with Gasteiger partial charge in [0.1, 0.15) is 0 Å². The summed E-state index contributed by atoms with van der Waals surface area (Å²) in [5, 5.41) is 2.79. The third kappa shape index (κ3) is 6.37. The van der Waals surface area contributed by atoms with Gasteiger partial charge in [0.25, 0.3) is 5.91 Å². The van der Waals surface area contributed by atoms with Crippen LogP contribution in [0, 0.1) is 17.3 Å². The van der Waals surface area contributed by atoms with Gasteiger partial charge in [-0.25, -0.2) is 0 Å². The van der Waals surface area contributed by atoms with Gasteiger partial charge in [-0.05, 0) is 60.1 Å². The van der Waals surface area contributed by atoms with E-state index in [0.717, 1.165) is 31.4 Å². The van der Waals surface area contributed by atoms with Gasteiger partial charge >= 0.3 is 5.97 Å². The molecule has 2 rings (SSSR count). The van der Waals surface area contributed by atoms with Crippen molar-refractivity contribution in [2.24, 2.45) is 17.3 Å². The van der Waals surface area contributed by atoms with E-state index in [0.29, 0.717) is 5.92 Å². The van der Waals surface area contributed by atoms with Crippen LogP contribution in [0.2, 0.25) is 0 Å². The van der Waals surface area contributed by atoms with Crippen molar-refractivity contribution in [3.05, 3.63) is 29.8 Å². The van der Waals surface area contributed by atoms with Gasteiger partial charge in [0.15, 0.2) is 6.61 Å². The molecule has 0 heterocycles. The molecule has 150 valence electrons. The minimum atomic E-state index is -0.296. The summed E-state index contributed by atoms with van der Waals surface area (Å²) in [5.41, 5.74) is 2.29. The number of hydrogen-bond donors (Lipinski definition) is 1. The van der Waals surface area contributed by atoms with E-state index in [2.05, 4.69) is 46.9 Å². The molecular formula is C23H35NO3. The van der Waals surface area contributed by atoms with Crippen LogP contribution in [0.5, 0.6) is 0 Å². The van der Waals surface area contributed by atoms with E-state index in [-0.39, 0.29) is 35.2 Å². The minimum absolute atomic E-state index is 0.0672. The summed E-state index contributed by atoms with van der Waals surface area (Å²) >= 11 is 0. The van der Waals surface area contributed by atoms with Gasteiger partial charge in [0, 0.05) is 5.69 Å². The van der Waals surface area contributed by atoms with Crippen molar-refractivity contribution >= 4 is 17.6 Å². The molecule has 0 saturated heterocycles. The predicted octanol–water partition coefficient (Wildman–Crippen LogP) is 5.32. The molecule has 0 aliphatic heterocycles. The van der Waals surface area contributed by atoms with Crippen LogP contribution in [0.4, 0.5) is 5.69 Å². The summed E-state index contributed by atoms with van der Waals surface area (Å²) in [5.74, 6) is 0.0548. The highest BCUT2D eigenvalue weighted by Crippen LogP contribution is 2.40. The smallest absolute Gasteiger partial charge is 0.309 e. The van der Waals surface area contributed by atoms with E-state index in [1.54, 1.807) is 0 Å². The zero-order chi connectivity index (χ0) is 20.2. The monoisotopic (exact) mass is 373 g/mol. The molecule has 0 aromatic heterocycles. The lowest BCUT2D eigenvalue weighted by Gasteiger charge is -2.36. The lowest BCUT2D eigenvalue weighted by molar-refractivity contribution is -0.153. The van der Waals surface area contributed by atoms with Crippen molar-refractivity contribution in [3.63, 3.8) is 0 Å². The van der Waals surface area contributed by atoms with Crippen molar-refractivity contribution in [1.82, 2.24) is 0 Å². The molecule has 1 aliphatic rings. The topological polar surface area (TPSA) is 55.4 Å². The summed E-state index contributed by atoms with van der Waals surface area (Å²) in [6.45, 7) is 13.0. The quantitative estimate of drug-likeness (QED) is 0.727. The molecule has 1 aromatic carbocycles. The Hall–Kier alpha value is -1.84. The third-order valence-corrected chi connectivity index (χ3v) is 5.67. The van der Waals surface area contributed by atoms with Gasteiger partial charge in [-0.3, -0.25) is 9.59 Å². The SMILES string of the molecule is CC(C)(C)c1ccc(NC(=O)COC(=O)C2CCC(C(C)(C)C)CC2)cc1. The zero-order valence-electron chi connectivity index (χ0n) is 17.7. The Labute approximate surface area is 164 Å².